The van der Waals surface area contributed by atoms with Gasteiger partial charge in [-0.25, -0.2) is 0 Å². The zero-order valence-corrected chi connectivity index (χ0v) is 10.0. The molecule has 90 valence electrons. The minimum Gasteiger partial charge on any atom is -0.370 e. The topological polar surface area (TPSA) is 80.2 Å². The fourth-order valence-corrected chi connectivity index (χ4v) is 2.08. The van der Waals surface area contributed by atoms with Gasteiger partial charge in [0.25, 0.3) is 0 Å². The van der Waals surface area contributed by atoms with Gasteiger partial charge in [0.2, 0.25) is 0 Å². The SMILES string of the molecule is CCc1cccc2c(CCN=C(N)N)c[nH]c12. The number of nitrogens with one attached hydrogen (secondary N) is 1. The van der Waals surface area contributed by atoms with Crippen molar-refractivity contribution < 1.29 is 0 Å². The van der Waals surface area contributed by atoms with E-state index in [1.54, 1.807) is 0 Å². The molecule has 0 aliphatic rings. The first-order valence-electron chi connectivity index (χ1n) is 5.85. The van der Waals surface area contributed by atoms with Crippen LogP contribution >= 0.6 is 0 Å². The van der Waals surface area contributed by atoms with E-state index in [1.807, 2.05) is 6.20 Å². The number of rotatable bonds is 4. The molecular formula is C13H18N4. The molecule has 2 aromatic rings. The molecule has 0 fully saturated rings. The lowest BCUT2D eigenvalue weighted by molar-refractivity contribution is 0.969. The van der Waals surface area contributed by atoms with Gasteiger partial charge in [0.15, 0.2) is 5.96 Å². The number of nitrogens with two attached hydrogens (primary N) is 2. The second-order valence-electron chi connectivity index (χ2n) is 4.06. The summed E-state index contributed by atoms with van der Waals surface area (Å²) in [5.74, 6) is 0.152. The zero-order valence-electron chi connectivity index (χ0n) is 10.0. The van der Waals surface area contributed by atoms with Crippen LogP contribution in [0.4, 0.5) is 0 Å². The van der Waals surface area contributed by atoms with Gasteiger partial charge in [-0.15, -0.1) is 0 Å². The molecule has 4 nitrogen and oxygen atoms in total. The summed E-state index contributed by atoms with van der Waals surface area (Å²) >= 11 is 0. The van der Waals surface area contributed by atoms with Crippen LogP contribution in [-0.2, 0) is 12.8 Å². The van der Waals surface area contributed by atoms with Crippen LogP contribution in [0.5, 0.6) is 0 Å². The molecule has 1 aromatic heterocycles. The van der Waals surface area contributed by atoms with Crippen LogP contribution in [0.3, 0.4) is 0 Å². The minimum absolute atomic E-state index is 0.152. The van der Waals surface area contributed by atoms with Crippen molar-refractivity contribution in [1.29, 1.82) is 0 Å². The van der Waals surface area contributed by atoms with E-state index in [2.05, 4.69) is 35.1 Å². The van der Waals surface area contributed by atoms with Gasteiger partial charge in [0.05, 0.1) is 0 Å². The smallest absolute Gasteiger partial charge is 0.185 e. The molecule has 0 aliphatic carbocycles. The summed E-state index contributed by atoms with van der Waals surface area (Å²) in [5, 5.41) is 1.27. The molecule has 2 rings (SSSR count). The summed E-state index contributed by atoms with van der Waals surface area (Å²) < 4.78 is 0. The second kappa shape index (κ2) is 4.91. The summed E-state index contributed by atoms with van der Waals surface area (Å²) in [6.07, 6.45) is 3.93. The van der Waals surface area contributed by atoms with Gasteiger partial charge in [-0.3, -0.25) is 4.99 Å². The maximum atomic E-state index is 5.31. The van der Waals surface area contributed by atoms with Gasteiger partial charge in [0, 0.05) is 23.6 Å². The van der Waals surface area contributed by atoms with Crippen molar-refractivity contribution in [3.8, 4) is 0 Å². The molecule has 4 heteroatoms. The first-order valence-corrected chi connectivity index (χ1v) is 5.85. The van der Waals surface area contributed by atoms with E-state index in [4.69, 9.17) is 11.5 Å². The Morgan fingerprint density at radius 3 is 2.82 bits per heavy atom. The molecule has 5 N–H and O–H groups in total. The number of aliphatic imine (C=N–C) groups is 1. The van der Waals surface area contributed by atoms with Crippen LogP contribution in [-0.4, -0.2) is 17.5 Å². The third-order valence-electron chi connectivity index (χ3n) is 2.94. The van der Waals surface area contributed by atoms with E-state index in [1.165, 1.54) is 22.0 Å². The summed E-state index contributed by atoms with van der Waals surface area (Å²) in [6.45, 7) is 2.79. The van der Waals surface area contributed by atoms with Crippen LogP contribution in [0.25, 0.3) is 10.9 Å². The number of aryl methyl sites for hydroxylation is 1. The second-order valence-corrected chi connectivity index (χ2v) is 4.06. The van der Waals surface area contributed by atoms with E-state index in [-0.39, 0.29) is 5.96 Å². The molecule has 0 saturated carbocycles. The molecule has 0 saturated heterocycles. The van der Waals surface area contributed by atoms with Crippen LogP contribution in [0.1, 0.15) is 18.1 Å². The number of para-hydroxylation sites is 1. The van der Waals surface area contributed by atoms with E-state index in [0.717, 1.165) is 12.8 Å². The molecule has 0 bridgehead atoms. The molecular weight excluding hydrogens is 212 g/mol. The summed E-state index contributed by atoms with van der Waals surface area (Å²) in [6, 6.07) is 6.38. The third-order valence-corrected chi connectivity index (χ3v) is 2.94. The predicted molar refractivity (Wildman–Crippen MR) is 72.1 cm³/mol. The van der Waals surface area contributed by atoms with Crippen LogP contribution in [0.15, 0.2) is 29.4 Å². The normalized spacial score (nSPS) is 10.6. The highest BCUT2D eigenvalue weighted by Crippen LogP contribution is 2.22. The van der Waals surface area contributed by atoms with Gasteiger partial charge in [-0.1, -0.05) is 25.1 Å². The van der Waals surface area contributed by atoms with Gasteiger partial charge in [-0.05, 0) is 24.0 Å². The van der Waals surface area contributed by atoms with Gasteiger partial charge in [0.1, 0.15) is 0 Å². The van der Waals surface area contributed by atoms with E-state index >= 15 is 0 Å². The number of aromatic amines is 1. The van der Waals surface area contributed by atoms with Crippen molar-refractivity contribution in [2.45, 2.75) is 19.8 Å². The Labute approximate surface area is 101 Å². The molecule has 17 heavy (non-hydrogen) atoms. The number of benzene rings is 1. The maximum Gasteiger partial charge on any atom is 0.185 e. The van der Waals surface area contributed by atoms with Crippen LogP contribution in [0.2, 0.25) is 0 Å². The Kier molecular flexibility index (Phi) is 3.32. The molecule has 0 aliphatic heterocycles. The number of fused-ring (bicyclic) bond motifs is 1. The molecule has 0 spiro atoms. The highest BCUT2D eigenvalue weighted by Gasteiger charge is 2.05. The fourth-order valence-electron chi connectivity index (χ4n) is 2.08. The number of nitrogens with zero attached hydrogens (tertiary/aromatic N) is 1. The van der Waals surface area contributed by atoms with Crippen molar-refractivity contribution in [1.82, 2.24) is 4.98 Å². The van der Waals surface area contributed by atoms with Crippen molar-refractivity contribution >= 4 is 16.9 Å². The number of guanidine groups is 1. The monoisotopic (exact) mass is 230 g/mol. The van der Waals surface area contributed by atoms with Gasteiger partial charge in [-0.2, -0.15) is 0 Å². The Morgan fingerprint density at radius 2 is 2.12 bits per heavy atom. The lowest BCUT2D eigenvalue weighted by Gasteiger charge is -2.00. The number of H-pyrrole nitrogens is 1. The average Bonchev–Trinajstić information content (AvgIpc) is 2.72. The van der Waals surface area contributed by atoms with Crippen molar-refractivity contribution in [2.24, 2.45) is 16.5 Å². The predicted octanol–water partition coefficient (Wildman–Crippen LogP) is 1.55. The quantitative estimate of drug-likeness (QED) is 0.550. The fraction of sp³-hybridized carbons (Fsp3) is 0.308. The van der Waals surface area contributed by atoms with E-state index < -0.39 is 0 Å². The van der Waals surface area contributed by atoms with Gasteiger partial charge >= 0.3 is 0 Å². The summed E-state index contributed by atoms with van der Waals surface area (Å²) in [5.41, 5.74) is 14.5. The first-order chi connectivity index (χ1) is 8.22. The van der Waals surface area contributed by atoms with Crippen molar-refractivity contribution in [2.75, 3.05) is 6.54 Å². The Bertz CT molecular complexity index is 535. The van der Waals surface area contributed by atoms with Crippen molar-refractivity contribution in [3.05, 3.63) is 35.5 Å². The lowest BCUT2D eigenvalue weighted by Crippen LogP contribution is -2.23. The zero-order chi connectivity index (χ0) is 12.3. The van der Waals surface area contributed by atoms with Crippen molar-refractivity contribution in [3.63, 3.8) is 0 Å². The molecule has 1 aromatic carbocycles. The Hall–Kier alpha value is -1.97. The summed E-state index contributed by atoms with van der Waals surface area (Å²) in [4.78, 5) is 7.34. The Balaban J connectivity index is 2.27. The largest absolute Gasteiger partial charge is 0.370 e. The maximum absolute atomic E-state index is 5.31. The van der Waals surface area contributed by atoms with Gasteiger partial charge < -0.3 is 16.5 Å². The highest BCUT2D eigenvalue weighted by molar-refractivity contribution is 5.86. The highest BCUT2D eigenvalue weighted by atomic mass is 15.0. The van der Waals surface area contributed by atoms with Crippen LogP contribution in [0, 0.1) is 0 Å². The number of hydrogen-bond donors (Lipinski definition) is 3. The summed E-state index contributed by atoms with van der Waals surface area (Å²) in [7, 11) is 0. The van der Waals surface area contributed by atoms with E-state index in [9.17, 15) is 0 Å². The van der Waals surface area contributed by atoms with Crippen LogP contribution < -0.4 is 11.5 Å². The number of aromatic nitrogens is 1. The molecule has 0 unspecified atom stereocenters. The molecule has 0 radical (unpaired) electrons. The lowest BCUT2D eigenvalue weighted by atomic mass is 10.1. The molecule has 0 atom stereocenters. The Morgan fingerprint density at radius 1 is 1.29 bits per heavy atom. The average molecular weight is 230 g/mol. The molecule has 1 heterocycles. The third kappa shape index (κ3) is 2.41. The van der Waals surface area contributed by atoms with E-state index in [0.29, 0.717) is 6.54 Å². The molecule has 0 amide bonds. The minimum atomic E-state index is 0.152. The number of hydrogen-bond acceptors (Lipinski definition) is 1. The first kappa shape index (κ1) is 11.5. The standard InChI is InChI=1S/C13H18N4/c1-2-9-4-3-5-11-10(8-17-12(9)11)6-7-16-13(14)15/h3-5,8,17H,2,6-7H2,1H3,(H4,14,15,16).